The first-order valence-corrected chi connectivity index (χ1v) is 9.13. The van der Waals surface area contributed by atoms with Crippen molar-refractivity contribution in [3.05, 3.63) is 24.0 Å². The van der Waals surface area contributed by atoms with E-state index < -0.39 is 10.8 Å². The summed E-state index contributed by atoms with van der Waals surface area (Å²) in [6, 6.07) is 5.87. The second kappa shape index (κ2) is 7.27. The van der Waals surface area contributed by atoms with Crippen LogP contribution in [-0.2, 0) is 23.8 Å². The Morgan fingerprint density at radius 1 is 1.48 bits per heavy atom. The van der Waals surface area contributed by atoms with Gasteiger partial charge in [0.15, 0.2) is 0 Å². The van der Waals surface area contributed by atoms with Gasteiger partial charge in [0.05, 0.1) is 18.1 Å². The minimum absolute atomic E-state index is 0.164. The van der Waals surface area contributed by atoms with Crippen LogP contribution in [-0.4, -0.2) is 38.3 Å². The SMILES string of the molecule is COc1ccc2nc(CCCl)n(CCC(C)S(C)=O)c2c1. The van der Waals surface area contributed by atoms with Gasteiger partial charge in [0.1, 0.15) is 11.6 Å². The van der Waals surface area contributed by atoms with Crippen molar-refractivity contribution in [2.75, 3.05) is 19.2 Å². The molecule has 0 bridgehead atoms. The summed E-state index contributed by atoms with van der Waals surface area (Å²) >= 11 is 5.88. The number of methoxy groups -OCH3 is 1. The maximum Gasteiger partial charge on any atom is 0.121 e. The molecule has 0 saturated heterocycles. The average Bonchev–Trinajstić information content (AvgIpc) is 2.81. The number of rotatable bonds is 7. The second-order valence-electron chi connectivity index (χ2n) is 5.07. The predicted molar refractivity (Wildman–Crippen MR) is 88.9 cm³/mol. The van der Waals surface area contributed by atoms with E-state index in [9.17, 15) is 4.21 Å². The topological polar surface area (TPSA) is 44.1 Å². The third-order valence-corrected chi connectivity index (χ3v) is 5.24. The Morgan fingerprint density at radius 2 is 2.24 bits per heavy atom. The molecule has 0 saturated carbocycles. The molecule has 0 aliphatic rings. The summed E-state index contributed by atoms with van der Waals surface area (Å²) in [6.07, 6.45) is 3.32. The van der Waals surface area contributed by atoms with Gasteiger partial charge >= 0.3 is 0 Å². The number of halogens is 1. The first-order chi connectivity index (χ1) is 10.1. The fraction of sp³-hybridized carbons (Fsp3) is 0.533. The molecule has 2 atom stereocenters. The number of hydrogen-bond donors (Lipinski definition) is 0. The summed E-state index contributed by atoms with van der Waals surface area (Å²) in [5.74, 6) is 2.32. The predicted octanol–water partition coefficient (Wildman–Crippen LogP) is 2.98. The van der Waals surface area contributed by atoms with Crippen molar-refractivity contribution in [1.82, 2.24) is 9.55 Å². The second-order valence-corrected chi connectivity index (χ2v) is 7.25. The Bertz CT molecular complexity index is 642. The summed E-state index contributed by atoms with van der Waals surface area (Å²) in [5.41, 5.74) is 1.99. The minimum Gasteiger partial charge on any atom is -0.497 e. The van der Waals surface area contributed by atoms with E-state index in [4.69, 9.17) is 16.3 Å². The molecule has 1 heterocycles. The van der Waals surface area contributed by atoms with E-state index in [0.29, 0.717) is 5.88 Å². The van der Waals surface area contributed by atoms with Gasteiger partial charge in [0, 0.05) is 47.2 Å². The van der Waals surface area contributed by atoms with Crippen molar-refractivity contribution in [2.24, 2.45) is 0 Å². The summed E-state index contributed by atoms with van der Waals surface area (Å²) < 4.78 is 19.0. The van der Waals surface area contributed by atoms with Gasteiger partial charge in [-0.1, -0.05) is 6.92 Å². The van der Waals surface area contributed by atoms with Gasteiger partial charge in [0.25, 0.3) is 0 Å². The van der Waals surface area contributed by atoms with Crippen LogP contribution in [0.15, 0.2) is 18.2 Å². The van der Waals surface area contributed by atoms with Gasteiger partial charge in [-0.15, -0.1) is 11.6 Å². The number of aryl methyl sites for hydroxylation is 2. The van der Waals surface area contributed by atoms with E-state index in [0.717, 1.165) is 42.0 Å². The Balaban J connectivity index is 2.36. The molecule has 21 heavy (non-hydrogen) atoms. The quantitative estimate of drug-likeness (QED) is 0.734. The largest absolute Gasteiger partial charge is 0.497 e. The van der Waals surface area contributed by atoms with E-state index in [1.165, 1.54) is 0 Å². The van der Waals surface area contributed by atoms with Gasteiger partial charge in [-0.25, -0.2) is 4.98 Å². The van der Waals surface area contributed by atoms with E-state index in [1.54, 1.807) is 13.4 Å². The molecule has 0 aliphatic carbocycles. The highest BCUT2D eigenvalue weighted by molar-refractivity contribution is 7.84. The average molecular weight is 329 g/mol. The van der Waals surface area contributed by atoms with Crippen molar-refractivity contribution in [2.45, 2.75) is 31.6 Å². The number of hydrogen-bond acceptors (Lipinski definition) is 3. The number of aromatic nitrogens is 2. The van der Waals surface area contributed by atoms with E-state index in [2.05, 4.69) is 9.55 Å². The van der Waals surface area contributed by atoms with Crippen LogP contribution < -0.4 is 4.74 Å². The molecule has 0 amide bonds. The van der Waals surface area contributed by atoms with Crippen LogP contribution in [0.1, 0.15) is 19.2 Å². The number of imidazole rings is 1. The molecular weight excluding hydrogens is 308 g/mol. The van der Waals surface area contributed by atoms with Crippen molar-refractivity contribution in [3.8, 4) is 5.75 Å². The maximum atomic E-state index is 11.5. The van der Waals surface area contributed by atoms with Gasteiger partial charge in [-0.3, -0.25) is 4.21 Å². The van der Waals surface area contributed by atoms with E-state index in [1.807, 2.05) is 25.1 Å². The van der Waals surface area contributed by atoms with E-state index in [-0.39, 0.29) is 5.25 Å². The number of benzene rings is 1. The van der Waals surface area contributed by atoms with Crippen LogP contribution in [0, 0.1) is 0 Å². The first-order valence-electron chi connectivity index (χ1n) is 6.98. The van der Waals surface area contributed by atoms with Gasteiger partial charge in [0.2, 0.25) is 0 Å². The molecule has 0 aliphatic heterocycles. The lowest BCUT2D eigenvalue weighted by atomic mass is 10.2. The Labute approximate surface area is 132 Å². The molecule has 2 rings (SSSR count). The number of nitrogens with zero attached hydrogens (tertiary/aromatic N) is 2. The zero-order valence-corrected chi connectivity index (χ0v) is 14.2. The molecule has 1 aromatic heterocycles. The summed E-state index contributed by atoms with van der Waals surface area (Å²) in [7, 11) is 0.850. The van der Waals surface area contributed by atoms with Crippen LogP contribution in [0.3, 0.4) is 0 Å². The summed E-state index contributed by atoms with van der Waals surface area (Å²) in [5, 5.41) is 0.164. The molecule has 2 aromatic rings. The monoisotopic (exact) mass is 328 g/mol. The van der Waals surface area contributed by atoms with Crippen molar-refractivity contribution < 1.29 is 8.95 Å². The fourth-order valence-electron chi connectivity index (χ4n) is 2.28. The minimum atomic E-state index is -0.806. The fourth-order valence-corrected chi connectivity index (χ4v) is 2.89. The van der Waals surface area contributed by atoms with Crippen molar-refractivity contribution in [1.29, 1.82) is 0 Å². The van der Waals surface area contributed by atoms with Crippen LogP contribution in [0.2, 0.25) is 0 Å². The van der Waals surface area contributed by atoms with Crippen LogP contribution in [0.4, 0.5) is 0 Å². The highest BCUT2D eigenvalue weighted by atomic mass is 35.5. The Kier molecular flexibility index (Phi) is 5.65. The Morgan fingerprint density at radius 3 is 2.86 bits per heavy atom. The lowest BCUT2D eigenvalue weighted by Crippen LogP contribution is -2.14. The maximum absolute atomic E-state index is 11.5. The van der Waals surface area contributed by atoms with E-state index >= 15 is 0 Å². The zero-order chi connectivity index (χ0) is 15.4. The van der Waals surface area contributed by atoms with Crippen LogP contribution in [0.25, 0.3) is 11.0 Å². The summed E-state index contributed by atoms with van der Waals surface area (Å²) in [4.78, 5) is 4.65. The molecule has 0 radical (unpaired) electrons. The molecule has 2 unspecified atom stereocenters. The van der Waals surface area contributed by atoms with Gasteiger partial charge < -0.3 is 9.30 Å². The molecule has 116 valence electrons. The lowest BCUT2D eigenvalue weighted by molar-refractivity contribution is 0.415. The number of alkyl halides is 1. The third-order valence-electron chi connectivity index (χ3n) is 3.68. The highest BCUT2D eigenvalue weighted by Gasteiger charge is 2.13. The molecular formula is C15H21ClN2O2S. The molecule has 0 N–H and O–H groups in total. The standard InChI is InChI=1S/C15H21ClN2O2S/c1-11(21(3)19)7-9-18-14-10-12(20-2)4-5-13(14)17-15(18)6-8-16/h4-5,10-11H,6-9H2,1-3H3. The zero-order valence-electron chi connectivity index (χ0n) is 12.6. The summed E-state index contributed by atoms with van der Waals surface area (Å²) in [6.45, 7) is 2.80. The van der Waals surface area contributed by atoms with Crippen molar-refractivity contribution in [3.63, 3.8) is 0 Å². The van der Waals surface area contributed by atoms with Crippen LogP contribution >= 0.6 is 11.6 Å². The third kappa shape index (κ3) is 3.77. The normalized spacial score (nSPS) is 14.3. The molecule has 4 nitrogen and oxygen atoms in total. The molecule has 0 fully saturated rings. The Hall–Kier alpha value is -1.07. The van der Waals surface area contributed by atoms with Gasteiger partial charge in [-0.05, 0) is 18.6 Å². The smallest absolute Gasteiger partial charge is 0.121 e. The van der Waals surface area contributed by atoms with Crippen LogP contribution in [0.5, 0.6) is 5.75 Å². The molecule has 6 heteroatoms. The molecule has 0 spiro atoms. The first kappa shape index (κ1) is 16.3. The van der Waals surface area contributed by atoms with Gasteiger partial charge in [-0.2, -0.15) is 0 Å². The lowest BCUT2D eigenvalue weighted by Gasteiger charge is -2.12. The molecule has 1 aromatic carbocycles. The number of ether oxygens (including phenoxy) is 1. The van der Waals surface area contributed by atoms with Crippen molar-refractivity contribution >= 4 is 33.4 Å². The number of fused-ring (bicyclic) bond motifs is 1. The highest BCUT2D eigenvalue weighted by Crippen LogP contribution is 2.23.